The molecular weight excluding hydrogens is 258 g/mol. The first-order chi connectivity index (χ1) is 9.75. The van der Waals surface area contributed by atoms with E-state index in [0.29, 0.717) is 12.2 Å². The van der Waals surface area contributed by atoms with E-state index in [-0.39, 0.29) is 16.4 Å². The zero-order valence-corrected chi connectivity index (χ0v) is 10.5. The molecular formula is C14H12N3O3+. The van der Waals surface area contributed by atoms with Gasteiger partial charge in [0.05, 0.1) is 16.5 Å². The van der Waals surface area contributed by atoms with E-state index in [4.69, 9.17) is 15.0 Å². The normalized spacial score (nSPS) is 10.6. The van der Waals surface area contributed by atoms with Crippen LogP contribution in [0.1, 0.15) is 5.56 Å². The summed E-state index contributed by atoms with van der Waals surface area (Å²) in [6, 6.07) is 11.3. The lowest BCUT2D eigenvalue weighted by atomic mass is 10.2. The lowest BCUT2D eigenvalue weighted by molar-refractivity contribution is -0.479. The molecule has 0 unspecified atom stereocenters. The van der Waals surface area contributed by atoms with Crippen LogP contribution in [0.4, 0.5) is 5.82 Å². The number of hydrogen-bond acceptors (Lipinski definition) is 4. The fraction of sp³-hybridized carbons (Fsp3) is 0.0714. The lowest BCUT2D eigenvalue weighted by Gasteiger charge is -2.05. The van der Waals surface area contributed by atoms with Gasteiger partial charge in [-0.15, -0.1) is 0 Å². The summed E-state index contributed by atoms with van der Waals surface area (Å²) in [7, 11) is 0. The summed E-state index contributed by atoms with van der Waals surface area (Å²) < 4.78 is 11.0. The van der Waals surface area contributed by atoms with Crippen molar-refractivity contribution in [2.75, 3.05) is 0 Å². The standard InChI is InChI=1S/C14H12N3O3/c15-17(18)14-13(12-11(8-16-14)6-7-19-12)20-9-10-4-2-1-3-5-10/h1-8H,9H2,(H2,15,18)/q+1. The zero-order chi connectivity index (χ0) is 13.9. The maximum atomic E-state index is 11.4. The van der Waals surface area contributed by atoms with Crippen LogP contribution in [0.15, 0.2) is 53.3 Å². The van der Waals surface area contributed by atoms with Gasteiger partial charge < -0.3 is 9.15 Å². The van der Waals surface area contributed by atoms with Crippen LogP contribution in [-0.2, 0) is 6.61 Å². The van der Waals surface area contributed by atoms with Crippen LogP contribution in [0.3, 0.4) is 0 Å². The van der Waals surface area contributed by atoms with Crippen molar-refractivity contribution in [3.63, 3.8) is 0 Å². The molecule has 100 valence electrons. The van der Waals surface area contributed by atoms with E-state index < -0.39 is 0 Å². The fourth-order valence-electron chi connectivity index (χ4n) is 1.91. The minimum absolute atomic E-state index is 0.0108. The van der Waals surface area contributed by atoms with Crippen molar-refractivity contribution in [2.45, 2.75) is 6.61 Å². The number of fused-ring (bicyclic) bond motifs is 1. The second-order valence-corrected chi connectivity index (χ2v) is 4.22. The average molecular weight is 270 g/mol. The quantitative estimate of drug-likeness (QED) is 0.448. The van der Waals surface area contributed by atoms with Crippen molar-refractivity contribution in [3.05, 3.63) is 59.3 Å². The Hall–Kier alpha value is -2.89. The number of nitrogens with two attached hydrogens (primary N) is 1. The second kappa shape index (κ2) is 5.00. The van der Waals surface area contributed by atoms with Crippen molar-refractivity contribution in [1.82, 2.24) is 4.98 Å². The third-order valence-corrected chi connectivity index (χ3v) is 2.87. The van der Waals surface area contributed by atoms with Crippen LogP contribution in [-0.4, -0.2) is 9.85 Å². The summed E-state index contributed by atoms with van der Waals surface area (Å²) in [5.74, 6) is 5.47. The highest BCUT2D eigenvalue weighted by molar-refractivity contribution is 5.85. The molecule has 20 heavy (non-hydrogen) atoms. The van der Waals surface area contributed by atoms with Gasteiger partial charge in [-0.05, 0) is 21.5 Å². The molecule has 2 heterocycles. The van der Waals surface area contributed by atoms with Crippen LogP contribution in [0, 0.1) is 4.91 Å². The Bertz CT molecular complexity index is 753. The van der Waals surface area contributed by atoms with Gasteiger partial charge in [0.15, 0.2) is 11.8 Å². The van der Waals surface area contributed by atoms with E-state index in [1.807, 2.05) is 30.3 Å². The first-order valence-corrected chi connectivity index (χ1v) is 6.00. The van der Waals surface area contributed by atoms with Gasteiger partial charge in [-0.2, -0.15) is 0 Å². The van der Waals surface area contributed by atoms with E-state index in [2.05, 4.69) is 4.98 Å². The van der Waals surface area contributed by atoms with Crippen LogP contribution in [0.25, 0.3) is 11.0 Å². The molecule has 6 heteroatoms. The Morgan fingerprint density at radius 3 is 2.80 bits per heavy atom. The molecule has 0 fully saturated rings. The summed E-state index contributed by atoms with van der Waals surface area (Å²) in [4.78, 5) is 15.5. The number of ether oxygens (including phenoxy) is 1. The molecule has 0 atom stereocenters. The van der Waals surface area contributed by atoms with E-state index >= 15 is 0 Å². The number of hydrogen-bond donors (Lipinski definition) is 1. The number of nitroso groups, excluding NO2 is 1. The monoisotopic (exact) mass is 270 g/mol. The molecule has 2 N–H and O–H groups in total. The van der Waals surface area contributed by atoms with Crippen molar-refractivity contribution in [3.8, 4) is 5.75 Å². The first kappa shape index (κ1) is 12.2. The second-order valence-electron chi connectivity index (χ2n) is 4.22. The largest absolute Gasteiger partial charge is 0.478 e. The van der Waals surface area contributed by atoms with Crippen LogP contribution in [0.2, 0.25) is 0 Å². The van der Waals surface area contributed by atoms with Gasteiger partial charge in [0, 0.05) is 0 Å². The molecule has 1 aromatic carbocycles. The zero-order valence-electron chi connectivity index (χ0n) is 10.5. The minimum Gasteiger partial charge on any atom is -0.478 e. The molecule has 0 aliphatic rings. The molecule has 3 aromatic rings. The van der Waals surface area contributed by atoms with Crippen molar-refractivity contribution < 1.29 is 14.0 Å². The van der Waals surface area contributed by atoms with Gasteiger partial charge in [-0.3, -0.25) is 0 Å². The highest BCUT2D eigenvalue weighted by Crippen LogP contribution is 2.33. The van der Waals surface area contributed by atoms with E-state index in [1.165, 1.54) is 12.5 Å². The first-order valence-electron chi connectivity index (χ1n) is 6.00. The summed E-state index contributed by atoms with van der Waals surface area (Å²) in [5, 5.41) is 0.749. The van der Waals surface area contributed by atoms with Crippen LogP contribution >= 0.6 is 0 Å². The number of rotatable bonds is 4. The number of pyridine rings is 1. The Morgan fingerprint density at radius 1 is 1.25 bits per heavy atom. The average Bonchev–Trinajstić information content (AvgIpc) is 2.94. The number of benzene rings is 1. The van der Waals surface area contributed by atoms with Crippen molar-refractivity contribution >= 4 is 16.8 Å². The smallest absolute Gasteiger partial charge is 0.434 e. The van der Waals surface area contributed by atoms with Crippen molar-refractivity contribution in [1.29, 1.82) is 0 Å². The molecule has 0 spiro atoms. The van der Waals surface area contributed by atoms with E-state index in [1.54, 1.807) is 6.07 Å². The highest BCUT2D eigenvalue weighted by Gasteiger charge is 2.25. The maximum absolute atomic E-state index is 11.4. The third kappa shape index (κ3) is 2.18. The van der Waals surface area contributed by atoms with Gasteiger partial charge in [-0.25, -0.2) is 5.84 Å². The van der Waals surface area contributed by atoms with Crippen LogP contribution < -0.4 is 10.6 Å². The Balaban J connectivity index is 1.98. The van der Waals surface area contributed by atoms with Crippen LogP contribution in [0.5, 0.6) is 5.75 Å². The summed E-state index contributed by atoms with van der Waals surface area (Å²) >= 11 is 0. The topological polar surface area (TPSA) is 81.4 Å². The molecule has 0 aliphatic heterocycles. The minimum atomic E-state index is -0.0108. The van der Waals surface area contributed by atoms with Gasteiger partial charge in [-0.1, -0.05) is 30.3 Å². The number of hydrazine groups is 1. The SMILES string of the molecule is N[N+](=O)c1ncc2ccoc2c1OCc1ccccc1. The predicted octanol–water partition coefficient (Wildman–Crippen LogP) is 2.69. The Morgan fingerprint density at radius 2 is 2.05 bits per heavy atom. The molecule has 2 aromatic heterocycles. The van der Waals surface area contributed by atoms with Gasteiger partial charge in [0.25, 0.3) is 5.75 Å². The highest BCUT2D eigenvalue weighted by atomic mass is 16.5. The van der Waals surface area contributed by atoms with E-state index in [0.717, 1.165) is 10.9 Å². The number of furan rings is 1. The van der Waals surface area contributed by atoms with Gasteiger partial charge >= 0.3 is 5.82 Å². The summed E-state index contributed by atoms with van der Waals surface area (Å²) in [6.45, 7) is 0.295. The Kier molecular flexibility index (Phi) is 3.04. The maximum Gasteiger partial charge on any atom is 0.434 e. The molecule has 0 amide bonds. The van der Waals surface area contributed by atoms with Gasteiger partial charge in [0.2, 0.25) is 0 Å². The fourth-order valence-corrected chi connectivity index (χ4v) is 1.91. The predicted molar refractivity (Wildman–Crippen MR) is 72.3 cm³/mol. The third-order valence-electron chi connectivity index (χ3n) is 2.87. The van der Waals surface area contributed by atoms with Crippen molar-refractivity contribution in [2.24, 2.45) is 5.84 Å². The number of nitrogens with zero attached hydrogens (tertiary/aromatic N) is 2. The number of aromatic nitrogens is 1. The lowest BCUT2D eigenvalue weighted by Crippen LogP contribution is -2.12. The summed E-state index contributed by atoms with van der Waals surface area (Å²) in [6.07, 6.45) is 3.03. The molecule has 0 saturated heterocycles. The molecule has 6 nitrogen and oxygen atoms in total. The van der Waals surface area contributed by atoms with E-state index in [9.17, 15) is 4.91 Å². The molecule has 0 radical (unpaired) electrons. The Labute approximate surface area is 114 Å². The molecule has 3 rings (SSSR count). The van der Waals surface area contributed by atoms with Gasteiger partial charge in [0.1, 0.15) is 6.61 Å². The summed E-state index contributed by atoms with van der Waals surface area (Å²) in [5.41, 5.74) is 1.42. The molecule has 0 bridgehead atoms. The molecule has 0 aliphatic carbocycles. The molecule has 0 saturated carbocycles.